The third-order valence-corrected chi connectivity index (χ3v) is 6.34. The van der Waals surface area contributed by atoms with Crippen molar-refractivity contribution in [2.45, 2.75) is 35.7 Å². The molecule has 5 nitrogen and oxygen atoms in total. The van der Waals surface area contributed by atoms with Crippen molar-refractivity contribution in [3.8, 4) is 0 Å². The number of benzene rings is 2. The number of nitrogens with two attached hydrogens (primary N) is 1. The van der Waals surface area contributed by atoms with Crippen LogP contribution in [0.4, 0.5) is 0 Å². The lowest BCUT2D eigenvalue weighted by Crippen LogP contribution is -2.11. The fraction of sp³-hybridized carbons (Fsp3) is 0.235. The van der Waals surface area contributed by atoms with Crippen molar-refractivity contribution < 1.29 is 8.42 Å². The molecular formula is C17H18ClN3O2S2. The van der Waals surface area contributed by atoms with Gasteiger partial charge in [-0.05, 0) is 43.7 Å². The number of nitrogens with zero attached hydrogens (tertiary/aromatic N) is 2. The molecule has 2 aromatic carbocycles. The highest BCUT2D eigenvalue weighted by atomic mass is 35.5. The third-order valence-electron chi connectivity index (χ3n) is 3.95. The first-order valence-corrected chi connectivity index (χ1v) is 10.6. The van der Waals surface area contributed by atoms with E-state index < -0.39 is 10.0 Å². The van der Waals surface area contributed by atoms with E-state index in [0.717, 1.165) is 27.8 Å². The Morgan fingerprint density at radius 3 is 2.64 bits per heavy atom. The van der Waals surface area contributed by atoms with Gasteiger partial charge in [-0.15, -0.1) is 0 Å². The van der Waals surface area contributed by atoms with Crippen molar-refractivity contribution in [1.82, 2.24) is 9.55 Å². The Hall–Kier alpha value is -1.54. The van der Waals surface area contributed by atoms with Gasteiger partial charge in [0.25, 0.3) is 0 Å². The molecule has 0 radical (unpaired) electrons. The summed E-state index contributed by atoms with van der Waals surface area (Å²) in [6, 6.07) is 12.5. The molecule has 0 saturated heterocycles. The number of fused-ring (bicyclic) bond motifs is 1. The van der Waals surface area contributed by atoms with Gasteiger partial charge >= 0.3 is 0 Å². The van der Waals surface area contributed by atoms with Gasteiger partial charge < -0.3 is 4.57 Å². The van der Waals surface area contributed by atoms with Crippen molar-refractivity contribution >= 4 is 44.4 Å². The maximum atomic E-state index is 11.6. The normalized spacial score (nSPS) is 13.3. The van der Waals surface area contributed by atoms with E-state index in [9.17, 15) is 8.42 Å². The van der Waals surface area contributed by atoms with Crippen LogP contribution in [0.15, 0.2) is 52.5 Å². The van der Waals surface area contributed by atoms with Crippen molar-refractivity contribution in [1.29, 1.82) is 0 Å². The maximum Gasteiger partial charge on any atom is 0.238 e. The van der Waals surface area contributed by atoms with Crippen LogP contribution in [0.25, 0.3) is 11.0 Å². The predicted molar refractivity (Wildman–Crippen MR) is 103 cm³/mol. The molecule has 25 heavy (non-hydrogen) atoms. The number of aromatic nitrogens is 2. The van der Waals surface area contributed by atoms with E-state index in [0.29, 0.717) is 5.52 Å². The number of primary sulfonamides is 1. The van der Waals surface area contributed by atoms with E-state index >= 15 is 0 Å². The molecule has 0 aliphatic heterocycles. The van der Waals surface area contributed by atoms with Gasteiger partial charge in [0.2, 0.25) is 10.0 Å². The number of aryl methyl sites for hydroxylation is 1. The predicted octanol–water partition coefficient (Wildman–Crippen LogP) is 4.21. The zero-order valence-electron chi connectivity index (χ0n) is 13.8. The summed E-state index contributed by atoms with van der Waals surface area (Å²) in [7, 11) is -3.75. The number of rotatable bonds is 5. The molecule has 3 rings (SSSR count). The van der Waals surface area contributed by atoms with Crippen molar-refractivity contribution in [3.63, 3.8) is 0 Å². The molecule has 0 saturated carbocycles. The third kappa shape index (κ3) is 3.69. The lowest BCUT2D eigenvalue weighted by molar-refractivity contribution is 0.598. The molecule has 0 aliphatic carbocycles. The second-order valence-corrected chi connectivity index (χ2v) is 8.89. The highest BCUT2D eigenvalue weighted by Crippen LogP contribution is 2.38. The summed E-state index contributed by atoms with van der Waals surface area (Å²) >= 11 is 7.88. The summed E-state index contributed by atoms with van der Waals surface area (Å²) in [5, 5.41) is 6.86. The van der Waals surface area contributed by atoms with Crippen LogP contribution in [0.3, 0.4) is 0 Å². The minimum Gasteiger partial charge on any atom is -0.319 e. The second-order valence-electron chi connectivity index (χ2n) is 5.62. The molecule has 2 N–H and O–H groups in total. The molecule has 1 aromatic heterocycles. The van der Waals surface area contributed by atoms with E-state index in [4.69, 9.17) is 16.7 Å². The lowest BCUT2D eigenvalue weighted by Gasteiger charge is -2.13. The number of imidazole rings is 1. The van der Waals surface area contributed by atoms with Crippen LogP contribution >= 0.6 is 23.4 Å². The van der Waals surface area contributed by atoms with Crippen LogP contribution in [0.5, 0.6) is 0 Å². The van der Waals surface area contributed by atoms with Crippen molar-refractivity contribution in [2.75, 3.05) is 0 Å². The van der Waals surface area contributed by atoms with Crippen LogP contribution in [0.2, 0.25) is 5.02 Å². The maximum absolute atomic E-state index is 11.6. The summed E-state index contributed by atoms with van der Waals surface area (Å²) in [4.78, 5) is 4.68. The molecule has 0 unspecified atom stereocenters. The van der Waals surface area contributed by atoms with E-state index in [2.05, 4.69) is 16.5 Å². The van der Waals surface area contributed by atoms with Crippen LogP contribution in [-0.2, 0) is 16.6 Å². The quantitative estimate of drug-likeness (QED) is 0.656. The molecule has 0 aliphatic rings. The summed E-state index contributed by atoms with van der Waals surface area (Å²) in [5.41, 5.74) is 2.53. The Kier molecular flexibility index (Phi) is 5.11. The largest absolute Gasteiger partial charge is 0.319 e. The Morgan fingerprint density at radius 1 is 1.28 bits per heavy atom. The summed E-state index contributed by atoms with van der Waals surface area (Å²) in [6.07, 6.45) is 0. The van der Waals surface area contributed by atoms with Crippen LogP contribution in [-0.4, -0.2) is 18.0 Å². The molecule has 132 valence electrons. The van der Waals surface area contributed by atoms with Gasteiger partial charge in [-0.2, -0.15) is 0 Å². The van der Waals surface area contributed by atoms with Crippen LogP contribution < -0.4 is 5.14 Å². The van der Waals surface area contributed by atoms with E-state index in [1.807, 2.05) is 31.2 Å². The Balaban J connectivity index is 2.02. The smallest absolute Gasteiger partial charge is 0.238 e. The molecule has 0 fully saturated rings. The first kappa shape index (κ1) is 18.3. The molecular weight excluding hydrogens is 378 g/mol. The number of halogens is 1. The Morgan fingerprint density at radius 2 is 2.00 bits per heavy atom. The van der Waals surface area contributed by atoms with Gasteiger partial charge in [-0.1, -0.05) is 41.6 Å². The minimum absolute atomic E-state index is 0.0662. The number of hydrogen-bond donors (Lipinski definition) is 1. The number of hydrogen-bond acceptors (Lipinski definition) is 4. The van der Waals surface area contributed by atoms with E-state index in [1.54, 1.807) is 17.8 Å². The fourth-order valence-electron chi connectivity index (χ4n) is 2.69. The van der Waals surface area contributed by atoms with E-state index in [-0.39, 0.29) is 10.1 Å². The van der Waals surface area contributed by atoms with Crippen LogP contribution in [0, 0.1) is 0 Å². The molecule has 1 heterocycles. The number of thioether (sulfide) groups is 1. The van der Waals surface area contributed by atoms with Gasteiger partial charge in [-0.3, -0.25) is 0 Å². The highest BCUT2D eigenvalue weighted by Gasteiger charge is 2.18. The molecule has 8 heteroatoms. The van der Waals surface area contributed by atoms with Gasteiger partial charge in [0.1, 0.15) is 0 Å². The first-order valence-electron chi connectivity index (χ1n) is 7.75. The topological polar surface area (TPSA) is 78.0 Å². The zero-order chi connectivity index (χ0) is 18.2. The molecule has 1 atom stereocenters. The lowest BCUT2D eigenvalue weighted by atomic mass is 10.2. The molecule has 0 bridgehead atoms. The van der Waals surface area contributed by atoms with Gasteiger partial charge in [0.15, 0.2) is 5.16 Å². The Bertz CT molecular complexity index is 1030. The zero-order valence-corrected chi connectivity index (χ0v) is 16.2. The van der Waals surface area contributed by atoms with Gasteiger partial charge in [-0.25, -0.2) is 18.5 Å². The summed E-state index contributed by atoms with van der Waals surface area (Å²) in [5.74, 6) is 0. The average molecular weight is 396 g/mol. The molecule has 3 aromatic rings. The summed E-state index contributed by atoms with van der Waals surface area (Å²) < 4.78 is 25.2. The van der Waals surface area contributed by atoms with Gasteiger partial charge in [0.05, 0.1) is 15.9 Å². The SMILES string of the molecule is CCn1c(S[C@H](C)c2ccccc2Cl)nc2cc(S(N)(=O)=O)ccc21. The van der Waals surface area contributed by atoms with Crippen molar-refractivity contribution in [3.05, 3.63) is 53.1 Å². The van der Waals surface area contributed by atoms with Crippen molar-refractivity contribution in [2.24, 2.45) is 5.14 Å². The molecule has 0 amide bonds. The minimum atomic E-state index is -3.75. The number of sulfonamides is 1. The highest BCUT2D eigenvalue weighted by molar-refractivity contribution is 7.99. The average Bonchev–Trinajstić information content (AvgIpc) is 2.90. The second kappa shape index (κ2) is 6.99. The summed E-state index contributed by atoms with van der Waals surface area (Å²) in [6.45, 7) is 4.82. The standard InChI is InChI=1S/C17H18ClN3O2S2/c1-3-21-16-9-8-12(25(19,22)23)10-15(16)20-17(21)24-11(2)13-6-4-5-7-14(13)18/h4-11H,3H2,1-2H3,(H2,19,22,23)/t11-/m1/s1. The Labute approximate surface area is 156 Å². The van der Waals surface area contributed by atoms with E-state index in [1.165, 1.54) is 12.1 Å². The monoisotopic (exact) mass is 395 g/mol. The molecule has 0 spiro atoms. The van der Waals surface area contributed by atoms with Gasteiger partial charge in [0, 0.05) is 16.8 Å². The fourth-order valence-corrected chi connectivity index (χ4v) is 4.74. The first-order chi connectivity index (χ1) is 11.8. The van der Waals surface area contributed by atoms with Crippen LogP contribution in [0.1, 0.15) is 24.7 Å².